The second-order valence-corrected chi connectivity index (χ2v) is 6.56. The van der Waals surface area contributed by atoms with Crippen molar-refractivity contribution in [2.45, 2.75) is 20.3 Å². The smallest absolute Gasteiger partial charge is 0.292 e. The van der Waals surface area contributed by atoms with Gasteiger partial charge in [-0.25, -0.2) is 0 Å². The maximum Gasteiger partial charge on any atom is 0.292 e. The molecule has 0 N–H and O–H groups in total. The van der Waals surface area contributed by atoms with Crippen molar-refractivity contribution in [1.82, 2.24) is 14.7 Å². The average molecular weight is 357 g/mol. The van der Waals surface area contributed by atoms with Crippen LogP contribution in [0.3, 0.4) is 0 Å². The number of carbonyl (C=O) groups excluding carboxylic acids is 1. The molecular formula is C18H23N5O3. The lowest BCUT2D eigenvalue weighted by molar-refractivity contribution is -0.384. The Morgan fingerprint density at radius 1 is 1.19 bits per heavy atom. The summed E-state index contributed by atoms with van der Waals surface area (Å²) in [5, 5.41) is 15.6. The molecule has 1 aliphatic rings. The van der Waals surface area contributed by atoms with Gasteiger partial charge in [-0.3, -0.25) is 19.6 Å². The van der Waals surface area contributed by atoms with Gasteiger partial charge in [0.2, 0.25) is 5.91 Å². The topological polar surface area (TPSA) is 84.5 Å². The number of anilines is 1. The van der Waals surface area contributed by atoms with Crippen LogP contribution in [0.15, 0.2) is 24.3 Å². The third-order valence-corrected chi connectivity index (χ3v) is 5.04. The zero-order chi connectivity index (χ0) is 18.8. The highest BCUT2D eigenvalue weighted by atomic mass is 16.6. The second kappa shape index (κ2) is 7.15. The van der Waals surface area contributed by atoms with Gasteiger partial charge in [-0.2, -0.15) is 5.10 Å². The zero-order valence-electron chi connectivity index (χ0n) is 15.3. The van der Waals surface area contributed by atoms with Crippen LogP contribution in [0.1, 0.15) is 17.0 Å². The van der Waals surface area contributed by atoms with Crippen LogP contribution in [-0.4, -0.2) is 51.7 Å². The first kappa shape index (κ1) is 17.9. The Labute approximate surface area is 152 Å². The van der Waals surface area contributed by atoms with Gasteiger partial charge in [0.15, 0.2) is 0 Å². The number of nitro groups is 1. The van der Waals surface area contributed by atoms with Crippen molar-refractivity contribution in [2.75, 3.05) is 31.1 Å². The molecule has 0 saturated carbocycles. The van der Waals surface area contributed by atoms with Gasteiger partial charge >= 0.3 is 0 Å². The van der Waals surface area contributed by atoms with Crippen molar-refractivity contribution in [3.05, 3.63) is 51.3 Å². The monoisotopic (exact) mass is 357 g/mol. The largest absolute Gasteiger partial charge is 0.362 e. The Morgan fingerprint density at radius 2 is 1.85 bits per heavy atom. The van der Waals surface area contributed by atoms with E-state index >= 15 is 0 Å². The SMILES string of the molecule is Cc1nn(C)c(C)c1CC(=O)N1CCN(c2ccccc2[N+](=O)[O-])CC1. The molecule has 3 rings (SSSR count). The summed E-state index contributed by atoms with van der Waals surface area (Å²) in [4.78, 5) is 27.3. The van der Waals surface area contributed by atoms with Gasteiger partial charge in [0, 0.05) is 50.6 Å². The minimum absolute atomic E-state index is 0.0754. The molecule has 1 saturated heterocycles. The fourth-order valence-electron chi connectivity index (χ4n) is 3.42. The van der Waals surface area contributed by atoms with Crippen molar-refractivity contribution >= 4 is 17.3 Å². The molecule has 8 heteroatoms. The van der Waals surface area contributed by atoms with Crippen molar-refractivity contribution in [2.24, 2.45) is 7.05 Å². The summed E-state index contributed by atoms with van der Waals surface area (Å²) in [6.45, 7) is 6.17. The van der Waals surface area contributed by atoms with Crippen molar-refractivity contribution < 1.29 is 9.72 Å². The predicted octanol–water partition coefficient (Wildman–Crippen LogP) is 1.84. The molecule has 0 spiro atoms. The van der Waals surface area contributed by atoms with Gasteiger partial charge in [0.25, 0.3) is 5.69 Å². The van der Waals surface area contributed by atoms with Crippen molar-refractivity contribution in [3.8, 4) is 0 Å². The standard InChI is InChI=1S/C18H23N5O3/c1-13-15(14(2)20(3)19-13)12-18(24)22-10-8-21(9-11-22)16-6-4-5-7-17(16)23(25)26/h4-7H,8-12H2,1-3H3. The highest BCUT2D eigenvalue weighted by molar-refractivity contribution is 5.79. The Kier molecular flexibility index (Phi) is 4.92. The van der Waals surface area contributed by atoms with E-state index in [-0.39, 0.29) is 16.5 Å². The summed E-state index contributed by atoms with van der Waals surface area (Å²) in [5.74, 6) is 0.0754. The van der Waals surface area contributed by atoms with E-state index in [0.29, 0.717) is 38.3 Å². The van der Waals surface area contributed by atoms with Crippen LogP contribution in [-0.2, 0) is 18.3 Å². The van der Waals surface area contributed by atoms with Crippen LogP contribution in [0, 0.1) is 24.0 Å². The summed E-state index contributed by atoms with van der Waals surface area (Å²) in [7, 11) is 1.88. The Bertz CT molecular complexity index is 837. The molecule has 1 aromatic carbocycles. The number of rotatable bonds is 4. The first-order chi connectivity index (χ1) is 12.4. The van der Waals surface area contributed by atoms with Crippen LogP contribution >= 0.6 is 0 Å². The zero-order valence-corrected chi connectivity index (χ0v) is 15.3. The normalized spacial score (nSPS) is 14.6. The average Bonchev–Trinajstić information content (AvgIpc) is 2.88. The lowest BCUT2D eigenvalue weighted by Crippen LogP contribution is -2.49. The van der Waals surface area contributed by atoms with E-state index in [4.69, 9.17) is 0 Å². The van der Waals surface area contributed by atoms with E-state index in [0.717, 1.165) is 17.0 Å². The van der Waals surface area contributed by atoms with Crippen LogP contribution in [0.25, 0.3) is 0 Å². The Hall–Kier alpha value is -2.90. The molecule has 0 unspecified atom stereocenters. The summed E-state index contributed by atoms with van der Waals surface area (Å²) in [6.07, 6.45) is 0.344. The molecular weight excluding hydrogens is 334 g/mol. The highest BCUT2D eigenvalue weighted by Gasteiger charge is 2.26. The van der Waals surface area contributed by atoms with E-state index < -0.39 is 0 Å². The van der Waals surface area contributed by atoms with E-state index in [2.05, 4.69) is 5.10 Å². The van der Waals surface area contributed by atoms with Crippen LogP contribution in [0.4, 0.5) is 11.4 Å². The highest BCUT2D eigenvalue weighted by Crippen LogP contribution is 2.28. The molecule has 0 aliphatic carbocycles. The quantitative estimate of drug-likeness (QED) is 0.616. The number of nitro benzene ring substituents is 1. The summed E-state index contributed by atoms with van der Waals surface area (Å²) in [5.41, 5.74) is 3.60. The molecule has 0 bridgehead atoms. The number of benzene rings is 1. The molecule has 0 radical (unpaired) electrons. The van der Waals surface area contributed by atoms with Crippen LogP contribution in [0.2, 0.25) is 0 Å². The van der Waals surface area contributed by atoms with Gasteiger partial charge in [0.05, 0.1) is 17.0 Å². The van der Waals surface area contributed by atoms with Gasteiger partial charge in [-0.05, 0) is 19.9 Å². The Balaban J connectivity index is 1.65. The fraction of sp³-hybridized carbons (Fsp3) is 0.444. The predicted molar refractivity (Wildman–Crippen MR) is 98.3 cm³/mol. The fourth-order valence-corrected chi connectivity index (χ4v) is 3.42. The number of hydrogen-bond donors (Lipinski definition) is 0. The maximum atomic E-state index is 12.7. The third-order valence-electron chi connectivity index (χ3n) is 5.04. The molecule has 2 aromatic rings. The van der Waals surface area contributed by atoms with Gasteiger partial charge < -0.3 is 9.80 Å². The van der Waals surface area contributed by atoms with Crippen LogP contribution < -0.4 is 4.90 Å². The number of aryl methyl sites for hydroxylation is 2. The van der Waals surface area contributed by atoms with Gasteiger partial charge in [-0.1, -0.05) is 12.1 Å². The minimum Gasteiger partial charge on any atom is -0.362 e. The summed E-state index contributed by atoms with van der Waals surface area (Å²) < 4.78 is 1.80. The second-order valence-electron chi connectivity index (χ2n) is 6.56. The molecule has 1 aliphatic heterocycles. The first-order valence-corrected chi connectivity index (χ1v) is 8.63. The lowest BCUT2D eigenvalue weighted by atomic mass is 10.1. The summed E-state index contributed by atoms with van der Waals surface area (Å²) >= 11 is 0. The molecule has 1 fully saturated rings. The number of para-hydroxylation sites is 2. The van der Waals surface area contributed by atoms with Crippen molar-refractivity contribution in [1.29, 1.82) is 0 Å². The third kappa shape index (κ3) is 3.40. The molecule has 26 heavy (non-hydrogen) atoms. The number of carbonyl (C=O) groups is 1. The molecule has 8 nitrogen and oxygen atoms in total. The molecule has 1 aromatic heterocycles. The number of amides is 1. The molecule has 1 amide bonds. The Morgan fingerprint density at radius 3 is 2.42 bits per heavy atom. The van der Waals surface area contributed by atoms with Crippen LogP contribution in [0.5, 0.6) is 0 Å². The molecule has 0 atom stereocenters. The lowest BCUT2D eigenvalue weighted by Gasteiger charge is -2.35. The van der Waals surface area contributed by atoms with Gasteiger partial charge in [-0.15, -0.1) is 0 Å². The number of aromatic nitrogens is 2. The van der Waals surface area contributed by atoms with E-state index in [1.54, 1.807) is 22.9 Å². The first-order valence-electron chi connectivity index (χ1n) is 8.63. The molecule has 2 heterocycles. The minimum atomic E-state index is -0.360. The number of nitrogens with zero attached hydrogens (tertiary/aromatic N) is 5. The van der Waals surface area contributed by atoms with Gasteiger partial charge in [0.1, 0.15) is 5.69 Å². The molecule has 138 valence electrons. The van der Waals surface area contributed by atoms with Crippen molar-refractivity contribution in [3.63, 3.8) is 0 Å². The van der Waals surface area contributed by atoms with E-state index in [1.807, 2.05) is 30.7 Å². The number of hydrogen-bond acceptors (Lipinski definition) is 5. The number of piperazine rings is 1. The summed E-state index contributed by atoms with van der Waals surface area (Å²) in [6, 6.07) is 6.74. The van der Waals surface area contributed by atoms with E-state index in [9.17, 15) is 14.9 Å². The van der Waals surface area contributed by atoms with E-state index in [1.165, 1.54) is 6.07 Å². The maximum absolute atomic E-state index is 12.7.